The van der Waals surface area contributed by atoms with Crippen molar-refractivity contribution in [2.75, 3.05) is 31.1 Å². The molecule has 2 atom stereocenters. The first-order chi connectivity index (χ1) is 15.0. The number of thiophene rings is 1. The lowest BCUT2D eigenvalue weighted by atomic mass is 10.0. The lowest BCUT2D eigenvalue weighted by Crippen LogP contribution is -2.52. The summed E-state index contributed by atoms with van der Waals surface area (Å²) in [7, 11) is 0. The summed E-state index contributed by atoms with van der Waals surface area (Å²) in [6.07, 6.45) is 0. The molecule has 4 nitrogen and oxygen atoms in total. The first-order valence-electron chi connectivity index (χ1n) is 10.4. The molecule has 2 aromatic carbocycles. The van der Waals surface area contributed by atoms with E-state index >= 15 is 0 Å². The van der Waals surface area contributed by atoms with Gasteiger partial charge in [-0.15, -0.1) is 11.3 Å². The molecule has 31 heavy (non-hydrogen) atoms. The lowest BCUT2D eigenvalue weighted by molar-refractivity contribution is 0.0890. The smallest absolute Gasteiger partial charge is 0.251 e. The molecule has 1 amide bonds. The van der Waals surface area contributed by atoms with Crippen LogP contribution < -0.4 is 10.2 Å². The maximum absolute atomic E-state index is 13.5. The number of benzene rings is 2. The number of anilines is 1. The molecule has 1 fully saturated rings. The summed E-state index contributed by atoms with van der Waals surface area (Å²) in [5.74, 6) is -0.937. The average molecular weight is 442 g/mol. The minimum atomic E-state index is -0.424. The van der Waals surface area contributed by atoms with Gasteiger partial charge >= 0.3 is 0 Å². The molecule has 0 saturated carbocycles. The molecular formula is C24H25F2N3OS. The van der Waals surface area contributed by atoms with Crippen LogP contribution in [0.2, 0.25) is 0 Å². The van der Waals surface area contributed by atoms with Gasteiger partial charge in [0.15, 0.2) is 0 Å². The first-order valence-corrected chi connectivity index (χ1v) is 11.2. The van der Waals surface area contributed by atoms with Gasteiger partial charge < -0.3 is 10.2 Å². The van der Waals surface area contributed by atoms with Crippen molar-refractivity contribution in [3.8, 4) is 0 Å². The molecule has 2 unspecified atom stereocenters. The van der Waals surface area contributed by atoms with Crippen molar-refractivity contribution in [2.24, 2.45) is 0 Å². The van der Waals surface area contributed by atoms with Crippen molar-refractivity contribution in [1.29, 1.82) is 0 Å². The molecule has 1 saturated heterocycles. The number of hydrogen-bond acceptors (Lipinski definition) is 4. The molecule has 162 valence electrons. The van der Waals surface area contributed by atoms with Gasteiger partial charge in [-0.3, -0.25) is 9.69 Å². The second kappa shape index (κ2) is 9.58. The van der Waals surface area contributed by atoms with Gasteiger partial charge in [0.05, 0.1) is 6.04 Å². The van der Waals surface area contributed by atoms with E-state index in [4.69, 9.17) is 0 Å². The van der Waals surface area contributed by atoms with Crippen LogP contribution in [0, 0.1) is 11.6 Å². The Balaban J connectivity index is 1.46. The molecule has 2 heterocycles. The number of amides is 1. The van der Waals surface area contributed by atoms with Crippen LogP contribution in [0.5, 0.6) is 0 Å². The van der Waals surface area contributed by atoms with Crippen molar-refractivity contribution < 1.29 is 13.6 Å². The molecule has 1 aliphatic heterocycles. The fraction of sp³-hybridized carbons (Fsp3) is 0.292. The molecule has 1 aromatic heterocycles. The molecular weight excluding hydrogens is 416 g/mol. The number of rotatable bonds is 6. The Morgan fingerprint density at radius 1 is 0.968 bits per heavy atom. The van der Waals surface area contributed by atoms with E-state index < -0.39 is 5.82 Å². The van der Waals surface area contributed by atoms with E-state index in [0.29, 0.717) is 5.56 Å². The highest BCUT2D eigenvalue weighted by Gasteiger charge is 2.31. The number of nitrogens with one attached hydrogen (secondary N) is 1. The highest BCUT2D eigenvalue weighted by atomic mass is 32.1. The van der Waals surface area contributed by atoms with Gasteiger partial charge in [0.25, 0.3) is 5.91 Å². The monoisotopic (exact) mass is 441 g/mol. The van der Waals surface area contributed by atoms with Crippen LogP contribution in [0.1, 0.15) is 28.2 Å². The summed E-state index contributed by atoms with van der Waals surface area (Å²) >= 11 is 1.67. The molecule has 7 heteroatoms. The van der Waals surface area contributed by atoms with Gasteiger partial charge in [0, 0.05) is 48.3 Å². The van der Waals surface area contributed by atoms with E-state index in [9.17, 15) is 13.6 Å². The highest BCUT2D eigenvalue weighted by molar-refractivity contribution is 7.10. The normalized spacial score (nSPS) is 16.7. The molecule has 1 N–H and O–H groups in total. The number of carbonyl (C=O) groups is 1. The van der Waals surface area contributed by atoms with Gasteiger partial charge in [-0.2, -0.15) is 0 Å². The average Bonchev–Trinajstić information content (AvgIpc) is 3.29. The van der Waals surface area contributed by atoms with Crippen molar-refractivity contribution in [3.05, 3.63) is 88.1 Å². The van der Waals surface area contributed by atoms with Crippen LogP contribution in [0.25, 0.3) is 0 Å². The van der Waals surface area contributed by atoms with Crippen molar-refractivity contribution in [2.45, 2.75) is 19.0 Å². The van der Waals surface area contributed by atoms with Gasteiger partial charge in [0.1, 0.15) is 11.6 Å². The van der Waals surface area contributed by atoms with Crippen molar-refractivity contribution >= 4 is 22.9 Å². The second-order valence-corrected chi connectivity index (χ2v) is 8.71. The number of nitrogens with zero attached hydrogens (tertiary/aromatic N) is 2. The van der Waals surface area contributed by atoms with E-state index in [-0.39, 0.29) is 23.8 Å². The van der Waals surface area contributed by atoms with E-state index in [1.54, 1.807) is 23.5 Å². The Morgan fingerprint density at radius 3 is 2.35 bits per heavy atom. The summed E-state index contributed by atoms with van der Waals surface area (Å²) < 4.78 is 26.8. The molecule has 0 aliphatic carbocycles. The third-order valence-electron chi connectivity index (χ3n) is 5.65. The minimum Gasteiger partial charge on any atom is -0.369 e. The zero-order valence-corrected chi connectivity index (χ0v) is 18.1. The fourth-order valence-corrected chi connectivity index (χ4v) is 5.08. The molecule has 0 bridgehead atoms. The van der Waals surface area contributed by atoms with Gasteiger partial charge in [-0.25, -0.2) is 8.78 Å². The van der Waals surface area contributed by atoms with Crippen molar-refractivity contribution in [3.63, 3.8) is 0 Å². The molecule has 0 radical (unpaired) electrons. The highest BCUT2D eigenvalue weighted by Crippen LogP contribution is 2.30. The Bertz CT molecular complexity index is 1000. The zero-order chi connectivity index (χ0) is 21.8. The van der Waals surface area contributed by atoms with Gasteiger partial charge in [-0.05, 0) is 60.8 Å². The molecule has 0 spiro atoms. The van der Waals surface area contributed by atoms with Crippen LogP contribution in [0.3, 0.4) is 0 Å². The molecule has 3 aromatic rings. The summed E-state index contributed by atoms with van der Waals surface area (Å²) in [5.41, 5.74) is 1.33. The zero-order valence-electron chi connectivity index (χ0n) is 17.3. The Morgan fingerprint density at radius 2 is 1.71 bits per heavy atom. The van der Waals surface area contributed by atoms with Gasteiger partial charge in [0.2, 0.25) is 0 Å². The number of hydrogen-bond donors (Lipinski definition) is 1. The Labute approximate surface area is 185 Å². The Hall–Kier alpha value is -2.77. The predicted octanol–water partition coefficient (Wildman–Crippen LogP) is 4.71. The summed E-state index contributed by atoms with van der Waals surface area (Å²) in [6.45, 7) is 5.27. The second-order valence-electron chi connectivity index (χ2n) is 7.73. The SMILES string of the molecule is CC(NC(=O)c1cccc(F)c1)C(c1cccs1)N1CCN(c2ccc(F)cc2)CC1. The summed E-state index contributed by atoms with van der Waals surface area (Å²) in [6, 6.07) is 16.3. The van der Waals surface area contributed by atoms with Crippen LogP contribution >= 0.6 is 11.3 Å². The topological polar surface area (TPSA) is 35.6 Å². The Kier molecular flexibility index (Phi) is 6.63. The first kappa shape index (κ1) is 21.5. The number of halogens is 2. The van der Waals surface area contributed by atoms with Gasteiger partial charge in [-0.1, -0.05) is 12.1 Å². The maximum atomic E-state index is 13.5. The number of piperazine rings is 1. The van der Waals surface area contributed by atoms with Crippen LogP contribution in [-0.2, 0) is 0 Å². The third kappa shape index (κ3) is 5.11. The fourth-order valence-electron chi connectivity index (χ4n) is 4.11. The third-order valence-corrected chi connectivity index (χ3v) is 6.60. The van der Waals surface area contributed by atoms with Crippen molar-refractivity contribution in [1.82, 2.24) is 10.2 Å². The van der Waals surface area contributed by atoms with E-state index in [0.717, 1.165) is 31.9 Å². The molecule has 1 aliphatic rings. The standard InChI is InChI=1S/C24H25F2N3OS/c1-17(27-24(30)18-4-2-5-20(26)16-18)23(22-6-3-15-31-22)29-13-11-28(12-14-29)21-9-7-19(25)8-10-21/h2-10,15-17,23H,11-14H2,1H3,(H,27,30). The largest absolute Gasteiger partial charge is 0.369 e. The summed E-state index contributed by atoms with van der Waals surface area (Å²) in [4.78, 5) is 18.5. The minimum absolute atomic E-state index is 0.0212. The number of carbonyl (C=O) groups excluding carboxylic acids is 1. The maximum Gasteiger partial charge on any atom is 0.251 e. The van der Waals surface area contributed by atoms with E-state index in [1.165, 1.54) is 29.1 Å². The van der Waals surface area contributed by atoms with Crippen LogP contribution in [-0.4, -0.2) is 43.0 Å². The molecule has 4 rings (SSSR count). The predicted molar refractivity (Wildman–Crippen MR) is 121 cm³/mol. The van der Waals surface area contributed by atoms with E-state index in [1.807, 2.05) is 30.5 Å². The quantitative estimate of drug-likeness (QED) is 0.602. The summed E-state index contributed by atoms with van der Waals surface area (Å²) in [5, 5.41) is 5.10. The van der Waals surface area contributed by atoms with E-state index in [2.05, 4.69) is 21.2 Å². The lowest BCUT2D eigenvalue weighted by Gasteiger charge is -2.42. The van der Waals surface area contributed by atoms with Crippen LogP contribution in [0.4, 0.5) is 14.5 Å². The van der Waals surface area contributed by atoms with Crippen LogP contribution in [0.15, 0.2) is 66.0 Å².